The maximum atomic E-state index is 11.9. The Morgan fingerprint density at radius 3 is 3.00 bits per heavy atom. The standard InChI is InChI=1S/C17H26N2O3.ClH/c1-13(2)11-22-16-5-3-4-14(8-16)10-19-17(20)9-15-12-21-7-6-18-15;/h3-5,8,13,15,18H,6-7,9-12H2,1-2H3,(H,19,20);1H. The topological polar surface area (TPSA) is 59.6 Å². The van der Waals surface area contributed by atoms with Gasteiger partial charge >= 0.3 is 0 Å². The predicted molar refractivity (Wildman–Crippen MR) is 93.1 cm³/mol. The fraction of sp³-hybridized carbons (Fsp3) is 0.588. The zero-order chi connectivity index (χ0) is 15.8. The van der Waals surface area contributed by atoms with E-state index in [0.717, 1.165) is 24.5 Å². The summed E-state index contributed by atoms with van der Waals surface area (Å²) in [7, 11) is 0. The van der Waals surface area contributed by atoms with Crippen LogP contribution in [0.1, 0.15) is 25.8 Å². The molecule has 0 aliphatic carbocycles. The molecular formula is C17H27ClN2O3. The summed E-state index contributed by atoms with van der Waals surface area (Å²) in [5.74, 6) is 1.38. The van der Waals surface area contributed by atoms with Gasteiger partial charge in [-0.1, -0.05) is 26.0 Å². The fourth-order valence-corrected chi connectivity index (χ4v) is 2.26. The van der Waals surface area contributed by atoms with Gasteiger partial charge in [0.1, 0.15) is 5.75 Å². The highest BCUT2D eigenvalue weighted by atomic mass is 35.5. The third-order valence-corrected chi connectivity index (χ3v) is 3.40. The molecule has 1 fully saturated rings. The molecule has 0 bridgehead atoms. The van der Waals surface area contributed by atoms with Crippen LogP contribution in [0.2, 0.25) is 0 Å². The molecular weight excluding hydrogens is 316 g/mol. The highest BCUT2D eigenvalue weighted by Gasteiger charge is 2.16. The number of nitrogens with one attached hydrogen (secondary N) is 2. The molecule has 1 amide bonds. The Morgan fingerprint density at radius 1 is 1.48 bits per heavy atom. The largest absolute Gasteiger partial charge is 0.493 e. The lowest BCUT2D eigenvalue weighted by Crippen LogP contribution is -2.44. The van der Waals surface area contributed by atoms with Crippen LogP contribution in [0.5, 0.6) is 5.75 Å². The molecule has 5 nitrogen and oxygen atoms in total. The smallest absolute Gasteiger partial charge is 0.221 e. The minimum absolute atomic E-state index is 0. The van der Waals surface area contributed by atoms with Crippen molar-refractivity contribution in [3.05, 3.63) is 29.8 Å². The van der Waals surface area contributed by atoms with Gasteiger partial charge in [0.05, 0.1) is 19.8 Å². The Labute approximate surface area is 144 Å². The zero-order valence-corrected chi connectivity index (χ0v) is 14.7. The van der Waals surface area contributed by atoms with E-state index in [2.05, 4.69) is 24.5 Å². The summed E-state index contributed by atoms with van der Waals surface area (Å²) < 4.78 is 11.0. The number of carbonyl (C=O) groups is 1. The van der Waals surface area contributed by atoms with Crippen LogP contribution in [-0.4, -0.2) is 38.3 Å². The van der Waals surface area contributed by atoms with E-state index in [9.17, 15) is 4.79 Å². The zero-order valence-electron chi connectivity index (χ0n) is 13.8. The number of halogens is 1. The highest BCUT2D eigenvalue weighted by Crippen LogP contribution is 2.14. The SMILES string of the molecule is CC(C)COc1cccc(CNC(=O)CC2COCCN2)c1.Cl. The molecule has 1 atom stereocenters. The molecule has 1 aromatic rings. The van der Waals surface area contributed by atoms with Crippen molar-refractivity contribution in [2.75, 3.05) is 26.4 Å². The van der Waals surface area contributed by atoms with Gasteiger partial charge in [0.25, 0.3) is 0 Å². The van der Waals surface area contributed by atoms with Gasteiger partial charge in [0, 0.05) is 25.6 Å². The Balaban J connectivity index is 0.00000264. The Bertz CT molecular complexity index is 477. The number of morpholine rings is 1. The lowest BCUT2D eigenvalue weighted by atomic mass is 10.1. The van der Waals surface area contributed by atoms with E-state index in [1.54, 1.807) is 0 Å². The van der Waals surface area contributed by atoms with E-state index in [-0.39, 0.29) is 24.4 Å². The van der Waals surface area contributed by atoms with Crippen LogP contribution >= 0.6 is 12.4 Å². The van der Waals surface area contributed by atoms with Crippen LogP contribution < -0.4 is 15.4 Å². The molecule has 6 heteroatoms. The molecule has 1 aliphatic rings. The minimum atomic E-state index is 0. The van der Waals surface area contributed by atoms with Crippen molar-refractivity contribution in [1.29, 1.82) is 0 Å². The van der Waals surface area contributed by atoms with Gasteiger partial charge in [0.2, 0.25) is 5.91 Å². The summed E-state index contributed by atoms with van der Waals surface area (Å²) in [6, 6.07) is 7.98. The van der Waals surface area contributed by atoms with Crippen molar-refractivity contribution in [3.8, 4) is 5.75 Å². The van der Waals surface area contributed by atoms with E-state index < -0.39 is 0 Å². The van der Waals surface area contributed by atoms with Gasteiger partial charge in [-0.2, -0.15) is 0 Å². The first-order chi connectivity index (χ1) is 10.6. The molecule has 1 unspecified atom stereocenters. The number of benzene rings is 1. The summed E-state index contributed by atoms with van der Waals surface area (Å²) in [6.45, 7) is 7.59. The molecule has 1 aromatic carbocycles. The molecule has 130 valence electrons. The molecule has 0 saturated carbocycles. The lowest BCUT2D eigenvalue weighted by Gasteiger charge is -2.23. The summed E-state index contributed by atoms with van der Waals surface area (Å²) >= 11 is 0. The molecule has 0 aromatic heterocycles. The van der Waals surface area contributed by atoms with E-state index in [1.807, 2.05) is 24.3 Å². The summed E-state index contributed by atoms with van der Waals surface area (Å²) in [5, 5.41) is 6.23. The van der Waals surface area contributed by atoms with Gasteiger partial charge in [-0.25, -0.2) is 0 Å². The number of rotatable bonds is 7. The van der Waals surface area contributed by atoms with Crippen molar-refractivity contribution < 1.29 is 14.3 Å². The van der Waals surface area contributed by atoms with E-state index in [0.29, 0.717) is 32.1 Å². The summed E-state index contributed by atoms with van der Waals surface area (Å²) in [5.41, 5.74) is 1.04. The molecule has 2 rings (SSSR count). The lowest BCUT2D eigenvalue weighted by molar-refractivity contribution is -0.122. The average Bonchev–Trinajstić information content (AvgIpc) is 2.52. The van der Waals surface area contributed by atoms with Gasteiger partial charge < -0.3 is 20.1 Å². The second-order valence-corrected chi connectivity index (χ2v) is 6.06. The Hall–Kier alpha value is -1.30. The first-order valence-corrected chi connectivity index (χ1v) is 7.93. The van der Waals surface area contributed by atoms with Crippen molar-refractivity contribution in [1.82, 2.24) is 10.6 Å². The number of carbonyl (C=O) groups excluding carboxylic acids is 1. The van der Waals surface area contributed by atoms with Gasteiger partial charge in [-0.05, 0) is 23.6 Å². The molecule has 23 heavy (non-hydrogen) atoms. The Kier molecular flexibility index (Phi) is 8.99. The quantitative estimate of drug-likeness (QED) is 0.797. The monoisotopic (exact) mass is 342 g/mol. The van der Waals surface area contributed by atoms with Gasteiger partial charge in [-0.15, -0.1) is 12.4 Å². The van der Waals surface area contributed by atoms with Gasteiger partial charge in [0.15, 0.2) is 0 Å². The van der Waals surface area contributed by atoms with Crippen LogP contribution in [0, 0.1) is 5.92 Å². The van der Waals surface area contributed by atoms with Crippen LogP contribution in [-0.2, 0) is 16.1 Å². The fourth-order valence-electron chi connectivity index (χ4n) is 2.26. The van der Waals surface area contributed by atoms with E-state index in [1.165, 1.54) is 0 Å². The van der Waals surface area contributed by atoms with Crippen molar-refractivity contribution >= 4 is 18.3 Å². The third-order valence-electron chi connectivity index (χ3n) is 3.40. The number of amides is 1. The van der Waals surface area contributed by atoms with Crippen LogP contribution in [0.25, 0.3) is 0 Å². The molecule has 0 radical (unpaired) electrons. The minimum Gasteiger partial charge on any atom is -0.493 e. The van der Waals surface area contributed by atoms with Crippen LogP contribution in [0.4, 0.5) is 0 Å². The van der Waals surface area contributed by atoms with Crippen LogP contribution in [0.3, 0.4) is 0 Å². The normalized spacial score (nSPS) is 17.4. The second-order valence-electron chi connectivity index (χ2n) is 6.06. The number of ether oxygens (including phenoxy) is 2. The van der Waals surface area contributed by atoms with Crippen LogP contribution in [0.15, 0.2) is 24.3 Å². The third kappa shape index (κ3) is 7.68. The highest BCUT2D eigenvalue weighted by molar-refractivity contribution is 5.85. The summed E-state index contributed by atoms with van der Waals surface area (Å²) in [4.78, 5) is 11.9. The molecule has 1 aliphatic heterocycles. The average molecular weight is 343 g/mol. The molecule has 1 saturated heterocycles. The predicted octanol–water partition coefficient (Wildman–Crippen LogP) is 2.14. The molecule has 0 spiro atoms. The number of hydrogen-bond donors (Lipinski definition) is 2. The van der Waals surface area contributed by atoms with Gasteiger partial charge in [-0.3, -0.25) is 4.79 Å². The first kappa shape index (κ1) is 19.7. The molecule has 2 N–H and O–H groups in total. The summed E-state index contributed by atoms with van der Waals surface area (Å²) in [6.07, 6.45) is 0.448. The second kappa shape index (κ2) is 10.5. The number of hydrogen-bond acceptors (Lipinski definition) is 4. The maximum Gasteiger partial charge on any atom is 0.221 e. The van der Waals surface area contributed by atoms with E-state index in [4.69, 9.17) is 9.47 Å². The maximum absolute atomic E-state index is 11.9. The molecule has 1 heterocycles. The van der Waals surface area contributed by atoms with E-state index >= 15 is 0 Å². The van der Waals surface area contributed by atoms with Crippen molar-refractivity contribution in [3.63, 3.8) is 0 Å². The first-order valence-electron chi connectivity index (χ1n) is 7.93. The van der Waals surface area contributed by atoms with Crippen molar-refractivity contribution in [2.45, 2.75) is 32.9 Å². The van der Waals surface area contributed by atoms with Crippen molar-refractivity contribution in [2.24, 2.45) is 5.92 Å². The Morgan fingerprint density at radius 2 is 2.30 bits per heavy atom.